The third-order valence-corrected chi connectivity index (χ3v) is 5.74. The van der Waals surface area contributed by atoms with Gasteiger partial charge in [0, 0.05) is 12.6 Å². The van der Waals surface area contributed by atoms with Crippen LogP contribution in [0.2, 0.25) is 0 Å². The van der Waals surface area contributed by atoms with Crippen molar-refractivity contribution < 1.29 is 22.5 Å². The summed E-state index contributed by atoms with van der Waals surface area (Å²) in [5.74, 6) is 0.576. The summed E-state index contributed by atoms with van der Waals surface area (Å²) >= 11 is 0. The molecule has 164 valence electrons. The topological polar surface area (TPSA) is 106 Å². The largest absolute Gasteiger partial charge is 0.495 e. The van der Waals surface area contributed by atoms with E-state index < -0.39 is 22.5 Å². The molecule has 9 nitrogen and oxygen atoms in total. The Balaban J connectivity index is 1.74. The standard InChI is InChI=1S/C21H24N4O5S/c1-15-9-11-16(12-10-15)21-22-19(30-23-21)13-24(2)20(26)14-25(31(4,27)28)17-7-5-6-8-18(17)29-3/h5-12H,13-14H2,1-4H3. The summed E-state index contributed by atoms with van der Waals surface area (Å²) in [5, 5.41) is 3.95. The van der Waals surface area contributed by atoms with Gasteiger partial charge >= 0.3 is 0 Å². The first-order chi connectivity index (χ1) is 14.7. The Kier molecular flexibility index (Phi) is 6.59. The van der Waals surface area contributed by atoms with E-state index in [1.807, 2.05) is 31.2 Å². The van der Waals surface area contributed by atoms with E-state index in [9.17, 15) is 13.2 Å². The third-order valence-electron chi connectivity index (χ3n) is 4.61. The van der Waals surface area contributed by atoms with E-state index in [1.54, 1.807) is 31.3 Å². The second kappa shape index (κ2) is 9.17. The molecule has 0 aliphatic carbocycles. The Morgan fingerprint density at radius 2 is 1.81 bits per heavy atom. The van der Waals surface area contributed by atoms with Gasteiger partial charge in [-0.15, -0.1) is 0 Å². The van der Waals surface area contributed by atoms with Crippen LogP contribution in [-0.2, 0) is 21.4 Å². The first-order valence-corrected chi connectivity index (χ1v) is 11.3. The molecule has 2 aromatic carbocycles. The minimum absolute atomic E-state index is 0.0429. The van der Waals surface area contributed by atoms with Crippen LogP contribution < -0.4 is 9.04 Å². The van der Waals surface area contributed by atoms with Crippen LogP contribution in [0.4, 0.5) is 5.69 Å². The van der Waals surface area contributed by atoms with Crippen LogP contribution in [0.15, 0.2) is 53.1 Å². The van der Waals surface area contributed by atoms with Gasteiger partial charge in [0.25, 0.3) is 0 Å². The Hall–Kier alpha value is -3.40. The van der Waals surface area contributed by atoms with Gasteiger partial charge < -0.3 is 14.2 Å². The molecule has 0 fully saturated rings. The van der Waals surface area contributed by atoms with Gasteiger partial charge in [0.2, 0.25) is 27.6 Å². The number of aryl methyl sites for hydroxylation is 1. The van der Waals surface area contributed by atoms with Gasteiger partial charge in [-0.25, -0.2) is 8.42 Å². The first-order valence-electron chi connectivity index (χ1n) is 9.43. The van der Waals surface area contributed by atoms with Crippen LogP contribution in [0.25, 0.3) is 11.4 Å². The molecule has 1 heterocycles. The van der Waals surface area contributed by atoms with Crippen molar-refractivity contribution in [2.45, 2.75) is 13.5 Å². The summed E-state index contributed by atoms with van der Waals surface area (Å²) in [5.41, 5.74) is 2.20. The second-order valence-electron chi connectivity index (χ2n) is 7.07. The number of amides is 1. The highest BCUT2D eigenvalue weighted by Gasteiger charge is 2.26. The summed E-state index contributed by atoms with van der Waals surface area (Å²) < 4.78 is 36.2. The van der Waals surface area contributed by atoms with Crippen LogP contribution in [0.5, 0.6) is 5.75 Å². The molecule has 0 aliphatic rings. The highest BCUT2D eigenvalue weighted by Crippen LogP contribution is 2.29. The highest BCUT2D eigenvalue weighted by atomic mass is 32.2. The Bertz CT molecular complexity index is 1160. The molecule has 1 amide bonds. The fourth-order valence-electron chi connectivity index (χ4n) is 2.89. The van der Waals surface area contributed by atoms with Gasteiger partial charge in [0.05, 0.1) is 25.6 Å². The maximum absolute atomic E-state index is 12.8. The molecular weight excluding hydrogens is 420 g/mol. The number of hydrogen-bond donors (Lipinski definition) is 0. The van der Waals surface area contributed by atoms with E-state index in [2.05, 4.69) is 10.1 Å². The predicted molar refractivity (Wildman–Crippen MR) is 116 cm³/mol. The summed E-state index contributed by atoms with van der Waals surface area (Å²) in [4.78, 5) is 18.4. The lowest BCUT2D eigenvalue weighted by Crippen LogP contribution is -2.41. The lowest BCUT2D eigenvalue weighted by atomic mass is 10.1. The van der Waals surface area contributed by atoms with Crippen LogP contribution in [0, 0.1) is 6.92 Å². The van der Waals surface area contributed by atoms with Gasteiger partial charge in [-0.3, -0.25) is 9.10 Å². The third kappa shape index (κ3) is 5.40. The van der Waals surface area contributed by atoms with E-state index in [0.717, 1.165) is 21.7 Å². The molecule has 0 radical (unpaired) electrons. The fraction of sp³-hybridized carbons (Fsp3) is 0.286. The second-order valence-corrected chi connectivity index (χ2v) is 8.98. The Labute approximate surface area is 181 Å². The fourth-order valence-corrected chi connectivity index (χ4v) is 3.74. The molecule has 0 bridgehead atoms. The number of likely N-dealkylation sites (N-methyl/N-ethyl adjacent to an activating group) is 1. The number of methoxy groups -OCH3 is 1. The summed E-state index contributed by atoms with van der Waals surface area (Å²) in [6.07, 6.45) is 1.04. The zero-order valence-corrected chi connectivity index (χ0v) is 18.6. The van der Waals surface area contributed by atoms with Crippen molar-refractivity contribution in [3.8, 4) is 17.1 Å². The zero-order valence-electron chi connectivity index (χ0n) is 17.8. The van der Waals surface area contributed by atoms with Crippen molar-refractivity contribution in [3.05, 3.63) is 60.0 Å². The lowest BCUT2D eigenvalue weighted by Gasteiger charge is -2.25. The summed E-state index contributed by atoms with van der Waals surface area (Å²) in [6, 6.07) is 14.3. The molecule has 3 aromatic rings. The molecule has 0 saturated heterocycles. The van der Waals surface area contributed by atoms with Crippen molar-refractivity contribution in [2.24, 2.45) is 0 Å². The number of rotatable bonds is 8. The monoisotopic (exact) mass is 444 g/mol. The average molecular weight is 445 g/mol. The molecule has 3 rings (SSSR count). The van der Waals surface area contributed by atoms with Crippen LogP contribution in [0.1, 0.15) is 11.5 Å². The number of hydrogen-bond acceptors (Lipinski definition) is 7. The van der Waals surface area contributed by atoms with Gasteiger partial charge in [0.15, 0.2) is 0 Å². The highest BCUT2D eigenvalue weighted by molar-refractivity contribution is 7.92. The van der Waals surface area contributed by atoms with E-state index in [-0.39, 0.29) is 18.1 Å². The first kappa shape index (κ1) is 22.3. The van der Waals surface area contributed by atoms with Gasteiger partial charge in [-0.1, -0.05) is 47.1 Å². The van der Waals surface area contributed by atoms with E-state index in [0.29, 0.717) is 11.6 Å². The molecule has 0 unspecified atom stereocenters. The Morgan fingerprint density at radius 1 is 1.13 bits per heavy atom. The number of sulfonamides is 1. The normalized spacial score (nSPS) is 11.2. The maximum atomic E-state index is 12.8. The van der Waals surface area contributed by atoms with E-state index in [4.69, 9.17) is 9.26 Å². The molecular formula is C21H24N4O5S. The molecule has 0 spiro atoms. The van der Waals surface area contributed by atoms with Crippen molar-refractivity contribution in [1.29, 1.82) is 0 Å². The number of ether oxygens (including phenoxy) is 1. The SMILES string of the molecule is COc1ccccc1N(CC(=O)N(C)Cc1nc(-c2ccc(C)cc2)no1)S(C)(=O)=O. The minimum atomic E-state index is -3.73. The van der Waals surface area contributed by atoms with Crippen molar-refractivity contribution in [3.63, 3.8) is 0 Å². The molecule has 31 heavy (non-hydrogen) atoms. The number of carbonyl (C=O) groups excluding carboxylic acids is 1. The number of nitrogens with zero attached hydrogens (tertiary/aromatic N) is 4. The predicted octanol–water partition coefficient (Wildman–Crippen LogP) is 2.48. The maximum Gasteiger partial charge on any atom is 0.246 e. The number of aromatic nitrogens is 2. The molecule has 0 saturated carbocycles. The molecule has 0 aliphatic heterocycles. The molecule has 0 atom stereocenters. The number of anilines is 1. The Morgan fingerprint density at radius 3 is 2.45 bits per heavy atom. The molecule has 0 N–H and O–H groups in total. The zero-order chi connectivity index (χ0) is 22.6. The van der Waals surface area contributed by atoms with Crippen molar-refractivity contribution in [2.75, 3.05) is 31.3 Å². The number of carbonyl (C=O) groups is 1. The quantitative estimate of drug-likeness (QED) is 0.525. The van der Waals surface area contributed by atoms with E-state index >= 15 is 0 Å². The van der Waals surface area contributed by atoms with Crippen LogP contribution in [0.3, 0.4) is 0 Å². The van der Waals surface area contributed by atoms with Gasteiger partial charge in [-0.2, -0.15) is 4.98 Å². The van der Waals surface area contributed by atoms with Crippen LogP contribution in [-0.4, -0.2) is 56.3 Å². The van der Waals surface area contributed by atoms with Crippen molar-refractivity contribution >= 4 is 21.6 Å². The van der Waals surface area contributed by atoms with Crippen LogP contribution >= 0.6 is 0 Å². The summed E-state index contributed by atoms with van der Waals surface area (Å²) in [6.45, 7) is 1.63. The van der Waals surface area contributed by atoms with E-state index in [1.165, 1.54) is 12.0 Å². The lowest BCUT2D eigenvalue weighted by molar-refractivity contribution is -0.129. The smallest absolute Gasteiger partial charge is 0.246 e. The molecule has 1 aromatic heterocycles. The minimum Gasteiger partial charge on any atom is -0.495 e. The molecule has 10 heteroatoms. The number of para-hydroxylation sites is 2. The van der Waals surface area contributed by atoms with Gasteiger partial charge in [0.1, 0.15) is 12.3 Å². The average Bonchev–Trinajstić information content (AvgIpc) is 3.19. The van der Waals surface area contributed by atoms with Gasteiger partial charge in [-0.05, 0) is 19.1 Å². The number of benzene rings is 2. The summed E-state index contributed by atoms with van der Waals surface area (Å²) in [7, 11) is -0.752. The van der Waals surface area contributed by atoms with Crippen molar-refractivity contribution in [1.82, 2.24) is 15.0 Å².